The Hall–Kier alpha value is -1.55. The van der Waals surface area contributed by atoms with Gasteiger partial charge in [-0.3, -0.25) is 0 Å². The van der Waals surface area contributed by atoms with Gasteiger partial charge in [-0.05, 0) is 17.5 Å². The van der Waals surface area contributed by atoms with E-state index in [1.165, 1.54) is 11.1 Å². The molecule has 2 atom stereocenters. The number of hydrogen-bond donors (Lipinski definition) is 0. The Balaban J connectivity index is 2.19. The highest BCUT2D eigenvalue weighted by atomic mass is 14.4. The highest BCUT2D eigenvalue weighted by Gasteiger charge is 2.37. The molecule has 3 rings (SSSR count). The summed E-state index contributed by atoms with van der Waals surface area (Å²) in [5, 5.41) is 8.90. The predicted octanol–water partition coefficient (Wildman–Crippen LogP) is 2.72. The Bertz CT molecular complexity index is 437. The van der Waals surface area contributed by atoms with E-state index in [4.69, 9.17) is 5.26 Å². The van der Waals surface area contributed by atoms with Crippen molar-refractivity contribution < 1.29 is 0 Å². The molecule has 0 amide bonds. The maximum Gasteiger partial charge on any atom is 0.0950 e. The van der Waals surface area contributed by atoms with Crippen molar-refractivity contribution in [1.82, 2.24) is 0 Å². The minimum Gasteiger partial charge on any atom is -0.193 e. The molecule has 1 heteroatoms. The topological polar surface area (TPSA) is 23.8 Å². The highest BCUT2D eigenvalue weighted by molar-refractivity contribution is 5.54. The number of hydrogen-bond acceptors (Lipinski definition) is 1. The summed E-state index contributed by atoms with van der Waals surface area (Å²) in [6.07, 6.45) is 3.26. The van der Waals surface area contributed by atoms with Crippen LogP contribution in [0.4, 0.5) is 0 Å². The van der Waals surface area contributed by atoms with Gasteiger partial charge in [0.2, 0.25) is 0 Å². The standard InChI is InChI=1S/C12H9N/c13-7-9-5-8-6-12(9)11-4-2-1-3-10(8)11/h1-5,8,12H,6H2/t8-,12+/m1/s1. The maximum atomic E-state index is 8.90. The second kappa shape index (κ2) is 2.23. The van der Waals surface area contributed by atoms with Crippen molar-refractivity contribution in [2.45, 2.75) is 18.3 Å². The second-order valence-corrected chi connectivity index (χ2v) is 3.76. The molecule has 2 bridgehead atoms. The van der Waals surface area contributed by atoms with E-state index in [-0.39, 0.29) is 0 Å². The van der Waals surface area contributed by atoms with E-state index in [1.54, 1.807) is 0 Å². The van der Waals surface area contributed by atoms with E-state index in [0.717, 1.165) is 12.0 Å². The summed E-state index contributed by atoms with van der Waals surface area (Å²) in [4.78, 5) is 0. The van der Waals surface area contributed by atoms with Crippen molar-refractivity contribution in [3.63, 3.8) is 0 Å². The molecular weight excluding hydrogens is 158 g/mol. The SMILES string of the molecule is N#CC1=C[C@@H]2C[C@@H]1c1ccccc12. The zero-order valence-electron chi connectivity index (χ0n) is 7.20. The van der Waals surface area contributed by atoms with Crippen LogP contribution in [0.3, 0.4) is 0 Å². The summed E-state index contributed by atoms with van der Waals surface area (Å²) in [6, 6.07) is 10.8. The van der Waals surface area contributed by atoms with Gasteiger partial charge in [-0.15, -0.1) is 0 Å². The predicted molar refractivity (Wildman–Crippen MR) is 50.2 cm³/mol. The summed E-state index contributed by atoms with van der Waals surface area (Å²) in [5.74, 6) is 0.932. The molecule has 0 aromatic heterocycles. The van der Waals surface area contributed by atoms with E-state index in [2.05, 4.69) is 36.4 Å². The molecule has 1 aromatic carbocycles. The maximum absolute atomic E-state index is 8.90. The summed E-state index contributed by atoms with van der Waals surface area (Å²) in [7, 11) is 0. The van der Waals surface area contributed by atoms with Crippen LogP contribution in [0.5, 0.6) is 0 Å². The van der Waals surface area contributed by atoms with E-state index < -0.39 is 0 Å². The molecule has 0 heterocycles. The van der Waals surface area contributed by atoms with Crippen LogP contribution in [-0.4, -0.2) is 0 Å². The van der Waals surface area contributed by atoms with E-state index in [1.807, 2.05) is 0 Å². The van der Waals surface area contributed by atoms with Crippen molar-refractivity contribution in [2.75, 3.05) is 0 Å². The van der Waals surface area contributed by atoms with E-state index in [0.29, 0.717) is 11.8 Å². The molecule has 2 aliphatic rings. The molecule has 0 saturated heterocycles. The molecule has 1 nitrogen and oxygen atoms in total. The lowest BCUT2D eigenvalue weighted by molar-refractivity contribution is 0.794. The van der Waals surface area contributed by atoms with Gasteiger partial charge in [0.25, 0.3) is 0 Å². The van der Waals surface area contributed by atoms with Gasteiger partial charge in [0.15, 0.2) is 0 Å². The minimum atomic E-state index is 0.409. The number of benzene rings is 1. The van der Waals surface area contributed by atoms with Crippen LogP contribution in [0.25, 0.3) is 0 Å². The van der Waals surface area contributed by atoms with Gasteiger partial charge < -0.3 is 0 Å². The van der Waals surface area contributed by atoms with Gasteiger partial charge in [0.05, 0.1) is 6.07 Å². The van der Waals surface area contributed by atoms with Crippen LogP contribution in [0.2, 0.25) is 0 Å². The van der Waals surface area contributed by atoms with Crippen LogP contribution >= 0.6 is 0 Å². The van der Waals surface area contributed by atoms with Crippen molar-refractivity contribution in [3.05, 3.63) is 47.0 Å². The highest BCUT2D eigenvalue weighted by Crippen LogP contribution is 2.51. The number of allylic oxidation sites excluding steroid dienone is 2. The molecule has 0 N–H and O–H groups in total. The second-order valence-electron chi connectivity index (χ2n) is 3.76. The molecule has 0 spiro atoms. The number of fused-ring (bicyclic) bond motifs is 5. The average Bonchev–Trinajstić information content (AvgIpc) is 2.75. The van der Waals surface area contributed by atoms with Crippen molar-refractivity contribution in [2.24, 2.45) is 0 Å². The first kappa shape index (κ1) is 6.91. The third-order valence-electron chi connectivity index (χ3n) is 3.15. The largest absolute Gasteiger partial charge is 0.193 e. The molecule has 13 heavy (non-hydrogen) atoms. The quantitative estimate of drug-likeness (QED) is 0.582. The van der Waals surface area contributed by atoms with Crippen LogP contribution < -0.4 is 0 Å². The van der Waals surface area contributed by atoms with Crippen LogP contribution in [0, 0.1) is 11.3 Å². The zero-order valence-corrected chi connectivity index (χ0v) is 7.20. The van der Waals surface area contributed by atoms with Gasteiger partial charge in [-0.2, -0.15) is 5.26 Å². The lowest BCUT2D eigenvalue weighted by atomic mass is 9.92. The summed E-state index contributed by atoms with van der Waals surface area (Å²) >= 11 is 0. The first-order chi connectivity index (χ1) is 6.40. The average molecular weight is 167 g/mol. The summed E-state index contributed by atoms with van der Waals surface area (Å²) in [6.45, 7) is 0. The fourth-order valence-electron chi connectivity index (χ4n) is 2.57. The van der Waals surface area contributed by atoms with Gasteiger partial charge in [0, 0.05) is 17.4 Å². The molecule has 0 radical (unpaired) electrons. The molecule has 62 valence electrons. The molecule has 0 fully saturated rings. The third kappa shape index (κ3) is 0.754. The normalized spacial score (nSPS) is 28.1. The summed E-state index contributed by atoms with van der Waals surface area (Å²) in [5.41, 5.74) is 3.79. The first-order valence-corrected chi connectivity index (χ1v) is 4.61. The number of rotatable bonds is 0. The third-order valence-corrected chi connectivity index (χ3v) is 3.15. The lowest BCUT2D eigenvalue weighted by Crippen LogP contribution is -1.96. The Kier molecular flexibility index (Phi) is 1.19. The van der Waals surface area contributed by atoms with Crippen molar-refractivity contribution in [1.29, 1.82) is 5.26 Å². The molecule has 0 aliphatic heterocycles. The molecule has 1 aromatic rings. The van der Waals surface area contributed by atoms with Crippen LogP contribution in [-0.2, 0) is 0 Å². The Morgan fingerprint density at radius 1 is 1.23 bits per heavy atom. The summed E-state index contributed by atoms with van der Waals surface area (Å²) < 4.78 is 0. The van der Waals surface area contributed by atoms with Crippen LogP contribution in [0.1, 0.15) is 29.4 Å². The smallest absolute Gasteiger partial charge is 0.0950 e. The molecule has 0 saturated carbocycles. The van der Waals surface area contributed by atoms with Gasteiger partial charge >= 0.3 is 0 Å². The zero-order chi connectivity index (χ0) is 8.84. The fraction of sp³-hybridized carbons (Fsp3) is 0.250. The Morgan fingerprint density at radius 2 is 2.00 bits per heavy atom. The van der Waals surface area contributed by atoms with Crippen molar-refractivity contribution >= 4 is 0 Å². The molecular formula is C12H9N. The van der Waals surface area contributed by atoms with Gasteiger partial charge in [-0.1, -0.05) is 30.3 Å². The molecule has 0 unspecified atom stereocenters. The fourth-order valence-corrected chi connectivity index (χ4v) is 2.57. The Labute approximate surface area is 77.3 Å². The van der Waals surface area contributed by atoms with Crippen molar-refractivity contribution in [3.8, 4) is 6.07 Å². The van der Waals surface area contributed by atoms with E-state index in [9.17, 15) is 0 Å². The number of nitrogens with zero attached hydrogens (tertiary/aromatic N) is 1. The number of nitriles is 1. The van der Waals surface area contributed by atoms with Gasteiger partial charge in [-0.25, -0.2) is 0 Å². The van der Waals surface area contributed by atoms with E-state index >= 15 is 0 Å². The monoisotopic (exact) mass is 167 g/mol. The molecule has 2 aliphatic carbocycles. The lowest BCUT2D eigenvalue weighted by Gasteiger charge is -2.11. The minimum absolute atomic E-state index is 0.409. The van der Waals surface area contributed by atoms with Gasteiger partial charge in [0.1, 0.15) is 0 Å². The Morgan fingerprint density at radius 3 is 2.77 bits per heavy atom. The van der Waals surface area contributed by atoms with Crippen LogP contribution in [0.15, 0.2) is 35.9 Å². The first-order valence-electron chi connectivity index (χ1n) is 4.61.